The molecule has 9 nitrogen and oxygen atoms in total. The maximum Gasteiger partial charge on any atom is 0.317 e. The molecular weight excluding hydrogens is 456 g/mol. The number of benzene rings is 1. The van der Waals surface area contributed by atoms with E-state index in [2.05, 4.69) is 32.4 Å². The van der Waals surface area contributed by atoms with Crippen molar-refractivity contribution in [3.05, 3.63) is 42.2 Å². The molecule has 6 rings (SSSR count). The molecule has 2 fully saturated rings. The first-order valence-corrected chi connectivity index (χ1v) is 13.0. The Hall–Kier alpha value is -3.46. The average Bonchev–Trinajstić information content (AvgIpc) is 3.61. The van der Waals surface area contributed by atoms with E-state index in [9.17, 15) is 9.59 Å². The Balaban J connectivity index is 1.27. The molecule has 1 aromatic carbocycles. The van der Waals surface area contributed by atoms with E-state index in [1.54, 1.807) is 0 Å². The van der Waals surface area contributed by atoms with Crippen molar-refractivity contribution in [2.75, 3.05) is 38.2 Å². The first-order chi connectivity index (χ1) is 17.6. The number of hydrogen-bond acceptors (Lipinski definition) is 5. The molecule has 2 saturated heterocycles. The fourth-order valence-corrected chi connectivity index (χ4v) is 5.92. The van der Waals surface area contributed by atoms with Gasteiger partial charge in [-0.05, 0) is 56.9 Å². The van der Waals surface area contributed by atoms with Crippen LogP contribution in [-0.2, 0) is 21.5 Å². The normalized spacial score (nSPS) is 21.8. The molecule has 188 valence electrons. The van der Waals surface area contributed by atoms with E-state index >= 15 is 0 Å². The lowest BCUT2D eigenvalue weighted by Crippen LogP contribution is -2.40. The molecule has 9 heteroatoms. The van der Waals surface area contributed by atoms with Gasteiger partial charge < -0.3 is 20.3 Å². The monoisotopic (exact) mass is 488 g/mol. The molecule has 3 aromatic rings. The number of aromatic nitrogens is 3. The molecule has 0 bridgehead atoms. The third-order valence-electron chi connectivity index (χ3n) is 7.97. The summed E-state index contributed by atoms with van der Waals surface area (Å²) in [4.78, 5) is 31.9. The van der Waals surface area contributed by atoms with Gasteiger partial charge in [-0.15, -0.1) is 0 Å². The number of ether oxygens (including phenoxy) is 1. The second-order valence-corrected chi connectivity index (χ2v) is 10.1. The third kappa shape index (κ3) is 4.01. The van der Waals surface area contributed by atoms with Gasteiger partial charge in [0.2, 0.25) is 5.91 Å². The number of aryl methyl sites for hydroxylation is 1. The highest BCUT2D eigenvalue weighted by Crippen LogP contribution is 2.44. The Labute approximate surface area is 210 Å². The fourth-order valence-electron chi connectivity index (χ4n) is 5.92. The second kappa shape index (κ2) is 9.20. The number of pyridine rings is 1. The molecule has 36 heavy (non-hydrogen) atoms. The number of carbonyl (C=O) groups excluding carboxylic acids is 2. The molecule has 3 aliphatic heterocycles. The summed E-state index contributed by atoms with van der Waals surface area (Å²) < 4.78 is 7.50. The maximum atomic E-state index is 12.9. The largest absolute Gasteiger partial charge is 0.381 e. The number of urea groups is 1. The van der Waals surface area contributed by atoms with Gasteiger partial charge in [-0.1, -0.05) is 6.07 Å². The highest BCUT2D eigenvalue weighted by Gasteiger charge is 2.46. The topological polar surface area (TPSA) is 101 Å². The van der Waals surface area contributed by atoms with Crippen LogP contribution in [0.15, 0.2) is 36.5 Å². The molecule has 1 spiro atoms. The van der Waals surface area contributed by atoms with Crippen LogP contribution in [0.25, 0.3) is 22.2 Å². The Morgan fingerprint density at radius 2 is 2.00 bits per heavy atom. The number of fused-ring (bicyclic) bond motifs is 3. The van der Waals surface area contributed by atoms with Crippen LogP contribution in [-0.4, -0.2) is 64.5 Å². The Morgan fingerprint density at radius 1 is 1.17 bits per heavy atom. The standard InChI is InChI=1S/C27H32N6O3/c1-2-28-26(35)32-10-8-27(17-32)9-11-33-24(27)15-23(31-33)19-14-20-21(29-16-19)4-3-5-22(20)30-25(34)18-6-12-36-13-7-18/h3-5,14-16,18H,2,6-13,17H2,1H3,(H,28,35)(H,30,34). The number of hydrogen-bond donors (Lipinski definition) is 2. The highest BCUT2D eigenvalue weighted by molar-refractivity contribution is 6.02. The number of likely N-dealkylation sites (tertiary alicyclic amines) is 1. The zero-order valence-electron chi connectivity index (χ0n) is 20.6. The minimum absolute atomic E-state index is 0.0154. The van der Waals surface area contributed by atoms with Gasteiger partial charge in [-0.2, -0.15) is 5.10 Å². The van der Waals surface area contributed by atoms with Crippen molar-refractivity contribution in [1.82, 2.24) is 25.0 Å². The van der Waals surface area contributed by atoms with Crippen molar-refractivity contribution < 1.29 is 14.3 Å². The summed E-state index contributed by atoms with van der Waals surface area (Å²) in [5.41, 5.74) is 4.57. The van der Waals surface area contributed by atoms with Crippen LogP contribution in [0.5, 0.6) is 0 Å². The van der Waals surface area contributed by atoms with E-state index in [1.807, 2.05) is 36.2 Å². The average molecular weight is 489 g/mol. The summed E-state index contributed by atoms with van der Waals surface area (Å²) in [6, 6.07) is 10.1. The molecule has 2 aromatic heterocycles. The van der Waals surface area contributed by atoms with Crippen LogP contribution in [0.1, 0.15) is 38.3 Å². The lowest BCUT2D eigenvalue weighted by Gasteiger charge is -2.23. The summed E-state index contributed by atoms with van der Waals surface area (Å²) in [7, 11) is 0. The van der Waals surface area contributed by atoms with Crippen LogP contribution >= 0.6 is 0 Å². The van der Waals surface area contributed by atoms with Crippen LogP contribution in [0.3, 0.4) is 0 Å². The predicted molar refractivity (Wildman–Crippen MR) is 137 cm³/mol. The molecule has 5 heterocycles. The van der Waals surface area contributed by atoms with Gasteiger partial charge in [0.05, 0.1) is 16.9 Å². The molecular formula is C27H32N6O3. The summed E-state index contributed by atoms with van der Waals surface area (Å²) in [6.45, 7) is 6.19. The smallest absolute Gasteiger partial charge is 0.317 e. The lowest BCUT2D eigenvalue weighted by atomic mass is 9.82. The second-order valence-electron chi connectivity index (χ2n) is 10.1. The first kappa shape index (κ1) is 23.0. The zero-order valence-corrected chi connectivity index (χ0v) is 20.6. The van der Waals surface area contributed by atoms with E-state index < -0.39 is 0 Å². The molecule has 0 aliphatic carbocycles. The SMILES string of the molecule is CCNC(=O)N1CCC2(CCn3nc(-c4cnc5cccc(NC(=O)C6CCOCC6)c5c4)cc32)C1. The number of carbonyl (C=O) groups is 2. The highest BCUT2D eigenvalue weighted by atomic mass is 16.5. The first-order valence-electron chi connectivity index (χ1n) is 13.0. The van der Waals surface area contributed by atoms with E-state index in [1.165, 1.54) is 5.69 Å². The van der Waals surface area contributed by atoms with Crippen molar-refractivity contribution in [3.8, 4) is 11.3 Å². The van der Waals surface area contributed by atoms with Crippen molar-refractivity contribution in [2.45, 2.75) is 44.6 Å². The molecule has 0 saturated carbocycles. The van der Waals surface area contributed by atoms with Gasteiger partial charge in [0.1, 0.15) is 0 Å². The lowest BCUT2D eigenvalue weighted by molar-refractivity contribution is -0.122. The predicted octanol–water partition coefficient (Wildman–Crippen LogP) is 3.54. The van der Waals surface area contributed by atoms with Gasteiger partial charge in [-0.25, -0.2) is 4.79 Å². The summed E-state index contributed by atoms with van der Waals surface area (Å²) >= 11 is 0. The third-order valence-corrected chi connectivity index (χ3v) is 7.97. The van der Waals surface area contributed by atoms with Crippen molar-refractivity contribution >= 4 is 28.5 Å². The Morgan fingerprint density at radius 3 is 2.83 bits per heavy atom. The number of nitrogens with zero attached hydrogens (tertiary/aromatic N) is 4. The van der Waals surface area contributed by atoms with Crippen LogP contribution in [0.4, 0.5) is 10.5 Å². The van der Waals surface area contributed by atoms with Crippen molar-refractivity contribution in [1.29, 1.82) is 0 Å². The quantitative estimate of drug-likeness (QED) is 0.585. The summed E-state index contributed by atoms with van der Waals surface area (Å²) in [5, 5.41) is 11.9. The van der Waals surface area contributed by atoms with Gasteiger partial charge in [0, 0.05) is 73.6 Å². The molecule has 1 atom stereocenters. The van der Waals surface area contributed by atoms with Crippen LogP contribution < -0.4 is 10.6 Å². The summed E-state index contributed by atoms with van der Waals surface area (Å²) in [6.07, 6.45) is 5.31. The van der Waals surface area contributed by atoms with E-state index in [0.29, 0.717) is 19.8 Å². The molecule has 1 unspecified atom stereocenters. The number of amides is 3. The Kier molecular flexibility index (Phi) is 5.87. The maximum absolute atomic E-state index is 12.9. The fraction of sp³-hybridized carbons (Fsp3) is 0.481. The van der Waals surface area contributed by atoms with Gasteiger partial charge in [0.15, 0.2) is 0 Å². The van der Waals surface area contributed by atoms with Gasteiger partial charge in [-0.3, -0.25) is 14.5 Å². The van der Waals surface area contributed by atoms with Crippen LogP contribution in [0.2, 0.25) is 0 Å². The zero-order chi connectivity index (χ0) is 24.7. The minimum Gasteiger partial charge on any atom is -0.381 e. The van der Waals surface area contributed by atoms with Crippen LogP contribution in [0, 0.1) is 5.92 Å². The van der Waals surface area contributed by atoms with Crippen molar-refractivity contribution in [2.24, 2.45) is 5.92 Å². The molecule has 3 amide bonds. The number of rotatable bonds is 4. The molecule has 0 radical (unpaired) electrons. The van der Waals surface area contributed by atoms with E-state index in [4.69, 9.17) is 9.84 Å². The van der Waals surface area contributed by atoms with E-state index in [-0.39, 0.29) is 23.3 Å². The summed E-state index contributed by atoms with van der Waals surface area (Å²) in [5.74, 6) is 0.0137. The van der Waals surface area contributed by atoms with Crippen molar-refractivity contribution in [3.63, 3.8) is 0 Å². The van der Waals surface area contributed by atoms with Gasteiger partial charge in [0.25, 0.3) is 0 Å². The number of nitrogens with one attached hydrogen (secondary N) is 2. The molecule has 2 N–H and O–H groups in total. The van der Waals surface area contributed by atoms with E-state index in [0.717, 1.165) is 73.2 Å². The minimum atomic E-state index is -0.0382. The Bertz CT molecular complexity index is 1310. The number of anilines is 1. The molecule has 3 aliphatic rings. The van der Waals surface area contributed by atoms with Gasteiger partial charge >= 0.3 is 6.03 Å².